The lowest BCUT2D eigenvalue weighted by Crippen LogP contribution is -2.25. The highest BCUT2D eigenvalue weighted by atomic mass is 35.5. The van der Waals surface area contributed by atoms with Gasteiger partial charge in [0.1, 0.15) is 5.75 Å². The van der Waals surface area contributed by atoms with Gasteiger partial charge in [0.25, 0.3) is 0 Å². The zero-order valence-electron chi connectivity index (χ0n) is 11.1. The summed E-state index contributed by atoms with van der Waals surface area (Å²) in [5, 5.41) is 14.0. The molecule has 0 saturated carbocycles. The molecule has 0 aliphatic carbocycles. The molecular weight excluding hydrogens is 269 g/mol. The first-order valence-electron chi connectivity index (χ1n) is 6.30. The fourth-order valence-corrected chi connectivity index (χ4v) is 2.26. The Labute approximate surface area is 119 Å². The van der Waals surface area contributed by atoms with Gasteiger partial charge in [-0.25, -0.2) is 0 Å². The third-order valence-electron chi connectivity index (χ3n) is 2.93. The van der Waals surface area contributed by atoms with Crippen molar-refractivity contribution in [1.82, 2.24) is 5.32 Å². The molecule has 4 heteroatoms. The molecule has 0 aliphatic rings. The average molecular weight is 290 g/mol. The zero-order chi connectivity index (χ0) is 13.7. The maximum absolute atomic E-state index is 9.82. The van der Waals surface area contributed by atoms with E-state index in [0.29, 0.717) is 28.5 Å². The number of nitrogens with one attached hydrogen (secondary N) is 1. The van der Waals surface area contributed by atoms with Gasteiger partial charge in [0.2, 0.25) is 0 Å². The van der Waals surface area contributed by atoms with Crippen LogP contribution in [0.2, 0.25) is 10.0 Å². The van der Waals surface area contributed by atoms with E-state index in [9.17, 15) is 5.11 Å². The van der Waals surface area contributed by atoms with Crippen LogP contribution >= 0.6 is 23.2 Å². The molecule has 1 rings (SSSR count). The van der Waals surface area contributed by atoms with Crippen LogP contribution in [0.3, 0.4) is 0 Å². The summed E-state index contributed by atoms with van der Waals surface area (Å²) >= 11 is 11.8. The summed E-state index contributed by atoms with van der Waals surface area (Å²) < 4.78 is 0. The molecule has 0 amide bonds. The number of hydrogen-bond donors (Lipinski definition) is 2. The molecule has 0 heterocycles. The molecule has 102 valence electrons. The molecule has 0 spiro atoms. The Balaban J connectivity index is 2.53. The number of aromatic hydroxyl groups is 1. The molecule has 1 atom stereocenters. The Morgan fingerprint density at radius 1 is 1.17 bits per heavy atom. The van der Waals surface area contributed by atoms with Crippen LogP contribution in [0.4, 0.5) is 0 Å². The van der Waals surface area contributed by atoms with E-state index in [-0.39, 0.29) is 5.75 Å². The molecule has 2 nitrogen and oxygen atoms in total. The smallest absolute Gasteiger partial charge is 0.138 e. The van der Waals surface area contributed by atoms with E-state index >= 15 is 0 Å². The summed E-state index contributed by atoms with van der Waals surface area (Å²) in [7, 11) is 0. The van der Waals surface area contributed by atoms with E-state index in [1.807, 2.05) is 0 Å². The highest BCUT2D eigenvalue weighted by Crippen LogP contribution is 2.31. The van der Waals surface area contributed by atoms with Crippen molar-refractivity contribution in [2.45, 2.75) is 46.2 Å². The summed E-state index contributed by atoms with van der Waals surface area (Å²) in [4.78, 5) is 0. The summed E-state index contributed by atoms with van der Waals surface area (Å²) in [5.41, 5.74) is 0.740. The molecule has 0 aromatic heterocycles. The second kappa shape index (κ2) is 7.22. The van der Waals surface area contributed by atoms with E-state index in [0.717, 1.165) is 12.0 Å². The number of benzene rings is 1. The molecule has 1 aromatic rings. The summed E-state index contributed by atoms with van der Waals surface area (Å²) in [6.45, 7) is 7.15. The van der Waals surface area contributed by atoms with Gasteiger partial charge in [0.05, 0.1) is 5.02 Å². The Hall–Kier alpha value is -0.440. The third kappa shape index (κ3) is 5.05. The van der Waals surface area contributed by atoms with Gasteiger partial charge >= 0.3 is 0 Å². The number of phenols is 1. The van der Waals surface area contributed by atoms with Gasteiger partial charge in [0.15, 0.2) is 0 Å². The van der Waals surface area contributed by atoms with Crippen LogP contribution in [-0.2, 0) is 6.54 Å². The SMILES string of the molecule is CC(C)CCC(C)NCc1cc(Cl)cc(Cl)c1O. The van der Waals surface area contributed by atoms with Crippen molar-refractivity contribution < 1.29 is 5.11 Å². The van der Waals surface area contributed by atoms with Crippen molar-refractivity contribution in [3.05, 3.63) is 27.7 Å². The second-order valence-corrected chi connectivity index (χ2v) is 5.99. The molecule has 0 saturated heterocycles. The minimum absolute atomic E-state index is 0.115. The standard InChI is InChI=1S/C14H21Cl2NO/c1-9(2)4-5-10(3)17-8-11-6-12(15)7-13(16)14(11)18/h6-7,9-10,17-18H,4-5,8H2,1-3H3. The van der Waals surface area contributed by atoms with Crippen molar-refractivity contribution in [2.75, 3.05) is 0 Å². The first-order chi connectivity index (χ1) is 8.40. The second-order valence-electron chi connectivity index (χ2n) is 5.15. The van der Waals surface area contributed by atoms with Gasteiger partial charge in [-0.1, -0.05) is 37.0 Å². The van der Waals surface area contributed by atoms with E-state index < -0.39 is 0 Å². The van der Waals surface area contributed by atoms with E-state index in [1.165, 1.54) is 6.42 Å². The molecule has 0 aliphatic heterocycles. The molecule has 1 unspecified atom stereocenters. The summed E-state index contributed by atoms with van der Waals surface area (Å²) in [6.07, 6.45) is 2.31. The van der Waals surface area contributed by atoms with Gasteiger partial charge in [-0.3, -0.25) is 0 Å². The van der Waals surface area contributed by atoms with Crippen molar-refractivity contribution in [3.63, 3.8) is 0 Å². The maximum Gasteiger partial charge on any atom is 0.138 e. The number of phenolic OH excluding ortho intramolecular Hbond substituents is 1. The quantitative estimate of drug-likeness (QED) is 0.801. The van der Waals surface area contributed by atoms with Crippen LogP contribution in [0.15, 0.2) is 12.1 Å². The van der Waals surface area contributed by atoms with Gasteiger partial charge in [-0.15, -0.1) is 0 Å². The zero-order valence-corrected chi connectivity index (χ0v) is 12.6. The number of rotatable bonds is 6. The Bertz CT molecular complexity index is 394. The normalized spacial score (nSPS) is 13.0. The Morgan fingerprint density at radius 2 is 1.83 bits per heavy atom. The lowest BCUT2D eigenvalue weighted by molar-refractivity contribution is 0.436. The Kier molecular flexibility index (Phi) is 6.27. The highest BCUT2D eigenvalue weighted by Gasteiger charge is 2.09. The van der Waals surface area contributed by atoms with Crippen LogP contribution in [0, 0.1) is 5.92 Å². The molecule has 18 heavy (non-hydrogen) atoms. The molecule has 0 fully saturated rings. The van der Waals surface area contributed by atoms with Crippen molar-refractivity contribution in [3.8, 4) is 5.75 Å². The predicted octanol–water partition coefficient (Wildman–Crippen LogP) is 4.61. The molecular formula is C14H21Cl2NO. The first kappa shape index (κ1) is 15.6. The van der Waals surface area contributed by atoms with Crippen LogP contribution < -0.4 is 5.32 Å². The van der Waals surface area contributed by atoms with Crippen LogP contribution in [0.1, 0.15) is 39.2 Å². The lowest BCUT2D eigenvalue weighted by Gasteiger charge is -2.16. The molecule has 2 N–H and O–H groups in total. The van der Waals surface area contributed by atoms with Crippen molar-refractivity contribution >= 4 is 23.2 Å². The van der Waals surface area contributed by atoms with Crippen molar-refractivity contribution in [2.24, 2.45) is 5.92 Å². The van der Waals surface area contributed by atoms with E-state index in [2.05, 4.69) is 26.1 Å². The minimum atomic E-state index is 0.115. The van der Waals surface area contributed by atoms with Crippen LogP contribution in [0.25, 0.3) is 0 Å². The van der Waals surface area contributed by atoms with Crippen LogP contribution in [-0.4, -0.2) is 11.1 Å². The fraction of sp³-hybridized carbons (Fsp3) is 0.571. The number of hydrogen-bond acceptors (Lipinski definition) is 2. The lowest BCUT2D eigenvalue weighted by atomic mass is 10.0. The maximum atomic E-state index is 9.82. The average Bonchev–Trinajstić information content (AvgIpc) is 2.29. The number of halogens is 2. The monoisotopic (exact) mass is 289 g/mol. The van der Waals surface area contributed by atoms with Gasteiger partial charge in [0, 0.05) is 23.2 Å². The fourth-order valence-electron chi connectivity index (χ4n) is 1.72. The molecule has 0 radical (unpaired) electrons. The summed E-state index contributed by atoms with van der Waals surface area (Å²) in [6, 6.07) is 3.69. The first-order valence-corrected chi connectivity index (χ1v) is 7.06. The van der Waals surface area contributed by atoms with Crippen LogP contribution in [0.5, 0.6) is 5.75 Å². The minimum Gasteiger partial charge on any atom is -0.506 e. The van der Waals surface area contributed by atoms with Crippen molar-refractivity contribution in [1.29, 1.82) is 0 Å². The van der Waals surface area contributed by atoms with Gasteiger partial charge in [-0.05, 0) is 37.8 Å². The molecule has 1 aromatic carbocycles. The molecule has 0 bridgehead atoms. The van der Waals surface area contributed by atoms with Gasteiger partial charge in [-0.2, -0.15) is 0 Å². The Morgan fingerprint density at radius 3 is 2.44 bits per heavy atom. The largest absolute Gasteiger partial charge is 0.506 e. The van der Waals surface area contributed by atoms with E-state index in [1.54, 1.807) is 12.1 Å². The predicted molar refractivity (Wildman–Crippen MR) is 78.5 cm³/mol. The summed E-state index contributed by atoms with van der Waals surface area (Å²) in [5.74, 6) is 0.827. The van der Waals surface area contributed by atoms with Gasteiger partial charge < -0.3 is 10.4 Å². The highest BCUT2D eigenvalue weighted by molar-refractivity contribution is 6.35. The van der Waals surface area contributed by atoms with E-state index in [4.69, 9.17) is 23.2 Å². The topological polar surface area (TPSA) is 32.3 Å². The third-order valence-corrected chi connectivity index (χ3v) is 3.43.